The predicted octanol–water partition coefficient (Wildman–Crippen LogP) is 4.20. The smallest absolute Gasteiger partial charge is 0.387 e. The molecule has 0 saturated carbocycles. The van der Waals surface area contributed by atoms with E-state index in [-0.39, 0.29) is 28.9 Å². The number of halogens is 2. The Morgan fingerprint density at radius 3 is 2.61 bits per heavy atom. The first-order valence-corrected chi connectivity index (χ1v) is 14.3. The number of amides is 1. The molecule has 0 spiro atoms. The SMILES string of the molecule is [2H]C([2H])([2H])N1C(=O)c2cccc(OC(F)F)c2[C@H]2C[C@@H]1c1nc3ccc(C#Cc4cnc(P(C)(C)=O)nc4)cc3n12. The second-order valence-electron chi connectivity index (χ2n) is 9.45. The molecule has 0 fully saturated rings. The van der Waals surface area contributed by atoms with Gasteiger partial charge in [0.1, 0.15) is 18.7 Å². The zero-order chi connectivity index (χ0) is 29.3. The molecule has 2 bridgehead atoms. The molecule has 0 unspecified atom stereocenters. The van der Waals surface area contributed by atoms with Gasteiger partial charge in [-0.05, 0) is 43.7 Å². The Kier molecular flexibility index (Phi) is 4.81. The molecule has 8 nitrogen and oxygen atoms in total. The molecule has 0 N–H and O–H groups in total. The number of rotatable bonds is 3. The van der Waals surface area contributed by atoms with Gasteiger partial charge >= 0.3 is 6.61 Å². The second kappa shape index (κ2) is 8.74. The number of alkyl halides is 2. The van der Waals surface area contributed by atoms with E-state index >= 15 is 0 Å². The topological polar surface area (TPSA) is 90.2 Å². The Morgan fingerprint density at radius 2 is 1.89 bits per heavy atom. The van der Waals surface area contributed by atoms with Crippen molar-refractivity contribution in [1.82, 2.24) is 24.4 Å². The van der Waals surface area contributed by atoms with E-state index in [1.807, 2.05) is 0 Å². The van der Waals surface area contributed by atoms with Crippen LogP contribution in [0.4, 0.5) is 8.78 Å². The quantitative estimate of drug-likeness (QED) is 0.288. The van der Waals surface area contributed by atoms with Crippen LogP contribution in [0.5, 0.6) is 5.75 Å². The highest BCUT2D eigenvalue weighted by Gasteiger charge is 2.45. The largest absolute Gasteiger partial charge is 0.434 e. The number of carbonyl (C=O) groups excluding carboxylic acids is 1. The number of ether oxygens (including phenoxy) is 1. The number of aromatic nitrogens is 4. The van der Waals surface area contributed by atoms with Crippen LogP contribution in [0.3, 0.4) is 0 Å². The van der Waals surface area contributed by atoms with E-state index in [0.717, 1.165) is 4.90 Å². The lowest BCUT2D eigenvalue weighted by atomic mass is 9.97. The standard InChI is InChI=1S/C27H22F2N5O3P/c1-33-21-12-20(23-17(25(33)35)5-4-6-22(23)37-26(28)29)34-19-11-15(9-10-18(19)32-24(21)34)7-8-16-13-30-27(31-14-16)38(2,3)36/h4-6,9-11,13-14,20-21,26H,12H2,1-3H3/t20-,21-/m1/s1/i1D3. The van der Waals surface area contributed by atoms with E-state index in [1.54, 1.807) is 36.1 Å². The van der Waals surface area contributed by atoms with Crippen molar-refractivity contribution in [2.24, 2.45) is 0 Å². The van der Waals surface area contributed by atoms with Gasteiger partial charge in [0.25, 0.3) is 5.91 Å². The third-order valence-corrected chi connectivity index (χ3v) is 7.81. The van der Waals surface area contributed by atoms with Crippen molar-refractivity contribution in [3.8, 4) is 17.6 Å². The van der Waals surface area contributed by atoms with E-state index in [4.69, 9.17) is 8.85 Å². The van der Waals surface area contributed by atoms with Crippen LogP contribution in [0.2, 0.25) is 0 Å². The molecule has 6 rings (SSSR count). The number of hydrogen-bond acceptors (Lipinski definition) is 6. The third kappa shape index (κ3) is 3.95. The van der Waals surface area contributed by atoms with Gasteiger partial charge in [0.2, 0.25) is 0 Å². The molecule has 0 radical (unpaired) electrons. The molecule has 4 heterocycles. The molecule has 2 aromatic carbocycles. The van der Waals surface area contributed by atoms with Crippen LogP contribution in [0.25, 0.3) is 11.0 Å². The zero-order valence-corrected chi connectivity index (χ0v) is 21.1. The normalized spacial score (nSPS) is 19.7. The molecule has 2 aliphatic rings. The van der Waals surface area contributed by atoms with Crippen LogP contribution in [-0.2, 0) is 4.57 Å². The Morgan fingerprint density at radius 1 is 1.13 bits per heavy atom. The maximum absolute atomic E-state index is 13.5. The number of imidazole rings is 1. The van der Waals surface area contributed by atoms with Gasteiger partial charge in [-0.3, -0.25) is 4.79 Å². The number of carbonyl (C=O) groups is 1. The minimum atomic E-state index is -3.14. The van der Waals surface area contributed by atoms with Gasteiger partial charge in [-0.2, -0.15) is 8.78 Å². The summed E-state index contributed by atoms with van der Waals surface area (Å²) in [6.45, 7) is -2.79. The summed E-state index contributed by atoms with van der Waals surface area (Å²) in [5.41, 5.74) is 2.68. The van der Waals surface area contributed by atoms with E-state index in [2.05, 4.69) is 26.8 Å². The van der Waals surface area contributed by atoms with Crippen LogP contribution in [0.15, 0.2) is 48.8 Å². The van der Waals surface area contributed by atoms with Gasteiger partial charge in [-0.1, -0.05) is 17.9 Å². The van der Waals surface area contributed by atoms with Gasteiger partial charge in [0, 0.05) is 46.6 Å². The number of benzene rings is 2. The molecule has 1 amide bonds. The van der Waals surface area contributed by atoms with E-state index in [1.165, 1.54) is 30.6 Å². The molecule has 11 heteroatoms. The van der Waals surface area contributed by atoms with Gasteiger partial charge in [0.15, 0.2) is 5.57 Å². The lowest BCUT2D eigenvalue weighted by Crippen LogP contribution is -2.30. The summed E-state index contributed by atoms with van der Waals surface area (Å²) in [7, 11) is -2.60. The highest BCUT2D eigenvalue weighted by Crippen LogP contribution is 2.50. The van der Waals surface area contributed by atoms with Crippen molar-refractivity contribution in [3.05, 3.63) is 76.9 Å². The van der Waals surface area contributed by atoms with Crippen molar-refractivity contribution < 1.29 is 27.0 Å². The first kappa shape index (κ1) is 20.9. The highest BCUT2D eigenvalue weighted by molar-refractivity contribution is 7.69. The lowest BCUT2D eigenvalue weighted by molar-refractivity contribution is -0.0507. The Labute approximate surface area is 221 Å². The Balaban J connectivity index is 1.49. The van der Waals surface area contributed by atoms with E-state index in [9.17, 15) is 18.1 Å². The van der Waals surface area contributed by atoms with Crippen LogP contribution in [0, 0.1) is 11.8 Å². The molecule has 38 heavy (non-hydrogen) atoms. The summed E-state index contributed by atoms with van der Waals surface area (Å²) in [4.78, 5) is 27.3. The van der Waals surface area contributed by atoms with E-state index in [0.29, 0.717) is 28.0 Å². The summed E-state index contributed by atoms with van der Waals surface area (Å²) < 4.78 is 69.9. The van der Waals surface area contributed by atoms with Gasteiger partial charge in [-0.15, -0.1) is 0 Å². The molecule has 192 valence electrons. The molecule has 2 atom stereocenters. The Hall–Kier alpha value is -4.09. The average Bonchev–Trinajstić information content (AvgIpc) is 3.39. The average molecular weight is 536 g/mol. The van der Waals surface area contributed by atoms with Crippen molar-refractivity contribution >= 4 is 29.6 Å². The lowest BCUT2D eigenvalue weighted by Gasteiger charge is -2.24. The van der Waals surface area contributed by atoms with Crippen molar-refractivity contribution in [2.75, 3.05) is 20.3 Å². The van der Waals surface area contributed by atoms with Gasteiger partial charge < -0.3 is 18.8 Å². The molecular weight excluding hydrogens is 511 g/mol. The molecule has 0 aliphatic carbocycles. The number of fused-ring (bicyclic) bond motifs is 9. The summed E-state index contributed by atoms with van der Waals surface area (Å²) in [6, 6.07) is 7.79. The second-order valence-corrected chi connectivity index (χ2v) is 12.6. The highest BCUT2D eigenvalue weighted by atomic mass is 31.2. The third-order valence-electron chi connectivity index (χ3n) is 6.62. The zero-order valence-electron chi connectivity index (χ0n) is 23.2. The van der Waals surface area contributed by atoms with Crippen LogP contribution >= 0.6 is 7.14 Å². The fourth-order valence-corrected chi connectivity index (χ4v) is 5.67. The van der Waals surface area contributed by atoms with Crippen molar-refractivity contribution in [3.63, 3.8) is 0 Å². The minimum absolute atomic E-state index is 0.0117. The molecule has 2 aromatic heterocycles. The molecule has 2 aliphatic heterocycles. The van der Waals surface area contributed by atoms with Crippen LogP contribution < -0.4 is 10.3 Å². The first-order valence-electron chi connectivity index (χ1n) is 13.2. The number of hydrogen-bond donors (Lipinski definition) is 0. The Bertz CT molecular complexity index is 1830. The van der Waals surface area contributed by atoms with E-state index < -0.39 is 38.7 Å². The van der Waals surface area contributed by atoms with Gasteiger partial charge in [0.05, 0.1) is 28.7 Å². The van der Waals surface area contributed by atoms with Crippen molar-refractivity contribution in [2.45, 2.75) is 25.1 Å². The summed E-state index contributed by atoms with van der Waals surface area (Å²) in [6.07, 6.45) is 3.12. The molecule has 4 aromatic rings. The monoisotopic (exact) mass is 536 g/mol. The first-order chi connectivity index (χ1) is 19.3. The number of nitrogens with zero attached hydrogens (tertiary/aromatic N) is 5. The summed E-state index contributed by atoms with van der Waals surface area (Å²) in [5.74, 6) is 5.36. The maximum atomic E-state index is 13.5. The maximum Gasteiger partial charge on any atom is 0.387 e. The molecular formula is C27H22F2N5O3P. The molecule has 0 saturated heterocycles. The van der Waals surface area contributed by atoms with Crippen molar-refractivity contribution in [1.29, 1.82) is 0 Å². The van der Waals surface area contributed by atoms with Gasteiger partial charge in [-0.25, -0.2) is 15.0 Å². The summed E-state index contributed by atoms with van der Waals surface area (Å²) >= 11 is 0. The fourth-order valence-electron chi connectivity index (χ4n) is 4.99. The fraction of sp³-hybridized carbons (Fsp3) is 0.259. The summed E-state index contributed by atoms with van der Waals surface area (Å²) in [5, 5.41) is 0. The van der Waals surface area contributed by atoms with Crippen LogP contribution in [-0.4, -0.2) is 57.2 Å². The minimum Gasteiger partial charge on any atom is -0.434 e. The van der Waals surface area contributed by atoms with Crippen LogP contribution in [0.1, 0.15) is 55.5 Å². The predicted molar refractivity (Wildman–Crippen MR) is 137 cm³/mol.